The zero-order chi connectivity index (χ0) is 20.4. The second-order valence-electron chi connectivity index (χ2n) is 6.92. The fourth-order valence-corrected chi connectivity index (χ4v) is 3.29. The zero-order valence-electron chi connectivity index (χ0n) is 16.1. The quantitative estimate of drug-likeness (QED) is 0.297. The fraction of sp³-hybridized carbons (Fsp3) is 0.136. The van der Waals surface area contributed by atoms with Gasteiger partial charge < -0.3 is 14.6 Å². The van der Waals surface area contributed by atoms with Crippen molar-refractivity contribution >= 4 is 34.5 Å². The van der Waals surface area contributed by atoms with E-state index in [0.29, 0.717) is 28.6 Å². The summed E-state index contributed by atoms with van der Waals surface area (Å²) in [6.07, 6.45) is 5.12. The molecule has 2 aromatic carbocycles. The van der Waals surface area contributed by atoms with E-state index in [-0.39, 0.29) is 5.78 Å². The van der Waals surface area contributed by atoms with Crippen molar-refractivity contribution in [1.82, 2.24) is 19.5 Å². The number of ketones is 1. The molecule has 0 atom stereocenters. The molecule has 0 saturated carbocycles. The van der Waals surface area contributed by atoms with Gasteiger partial charge in [-0.1, -0.05) is 41.9 Å². The lowest BCUT2D eigenvalue weighted by Crippen LogP contribution is -2.04. The first kappa shape index (κ1) is 19.0. The van der Waals surface area contributed by atoms with Gasteiger partial charge in [0.1, 0.15) is 0 Å². The van der Waals surface area contributed by atoms with Crippen LogP contribution in [0.25, 0.3) is 10.9 Å². The number of hydrogen-bond acceptors (Lipinski definition) is 4. The topological polar surface area (TPSA) is 66.3 Å². The summed E-state index contributed by atoms with van der Waals surface area (Å²) < 4.78 is 2.07. The number of hydrazone groups is 1. The van der Waals surface area contributed by atoms with Gasteiger partial charge in [0.05, 0.1) is 23.7 Å². The molecular formula is C22H20ClN5O. The van der Waals surface area contributed by atoms with Crippen LogP contribution in [0.1, 0.15) is 27.4 Å². The van der Waals surface area contributed by atoms with Crippen LogP contribution < -0.4 is 0 Å². The van der Waals surface area contributed by atoms with Crippen LogP contribution in [0.4, 0.5) is 0 Å². The Morgan fingerprint density at radius 3 is 2.72 bits per heavy atom. The van der Waals surface area contributed by atoms with Crippen LogP contribution in [0.3, 0.4) is 0 Å². The predicted octanol–water partition coefficient (Wildman–Crippen LogP) is 4.19. The summed E-state index contributed by atoms with van der Waals surface area (Å²) in [5.74, 6) is 0.139. The molecule has 146 valence electrons. The first-order valence-electron chi connectivity index (χ1n) is 9.14. The number of aromatic amines is 1. The summed E-state index contributed by atoms with van der Waals surface area (Å²) in [6.45, 7) is 0.643. The molecule has 0 aliphatic heterocycles. The Bertz CT molecular complexity index is 1190. The van der Waals surface area contributed by atoms with E-state index in [0.717, 1.165) is 16.5 Å². The minimum absolute atomic E-state index is 0.152. The lowest BCUT2D eigenvalue weighted by atomic mass is 10.1. The number of fused-ring (bicyclic) bond motifs is 1. The molecule has 0 unspecified atom stereocenters. The van der Waals surface area contributed by atoms with Crippen molar-refractivity contribution in [2.24, 2.45) is 5.10 Å². The van der Waals surface area contributed by atoms with Gasteiger partial charge in [-0.25, -0.2) is 4.98 Å². The van der Waals surface area contributed by atoms with E-state index in [1.54, 1.807) is 17.4 Å². The molecule has 4 rings (SSSR count). The molecule has 1 N–H and O–H groups in total. The number of halogens is 1. The summed E-state index contributed by atoms with van der Waals surface area (Å²) in [5.41, 5.74) is 3.38. The first-order chi connectivity index (χ1) is 14.0. The summed E-state index contributed by atoms with van der Waals surface area (Å²) in [6, 6.07) is 15.6. The third-order valence-corrected chi connectivity index (χ3v) is 4.79. The SMILES string of the molecule is CN(C)N=Cc1cnc(C(=O)c2cn(Cc3ccc(Cl)cc3)c3ccccc23)[nH]1. The van der Waals surface area contributed by atoms with Crippen LogP contribution in [0.2, 0.25) is 5.02 Å². The van der Waals surface area contributed by atoms with Crippen molar-refractivity contribution in [3.05, 3.63) is 88.6 Å². The van der Waals surface area contributed by atoms with Gasteiger partial charge in [-0.15, -0.1) is 0 Å². The molecule has 0 aliphatic rings. The number of imidazole rings is 1. The number of carbonyl (C=O) groups is 1. The summed E-state index contributed by atoms with van der Waals surface area (Å²) in [4.78, 5) is 20.4. The maximum absolute atomic E-state index is 13.1. The Morgan fingerprint density at radius 2 is 1.97 bits per heavy atom. The number of nitrogens with one attached hydrogen (secondary N) is 1. The molecule has 4 aromatic rings. The standard InChI is InChI=1S/C22H20ClN5O/c1-27(2)25-12-17-11-24-22(26-17)21(29)19-14-28(20-6-4-3-5-18(19)20)13-15-7-9-16(23)10-8-15/h3-12,14H,13H2,1-2H3,(H,24,26). The lowest BCUT2D eigenvalue weighted by Gasteiger charge is -2.05. The third kappa shape index (κ3) is 4.07. The van der Waals surface area contributed by atoms with E-state index in [1.165, 1.54) is 0 Å². The second kappa shape index (κ2) is 7.93. The monoisotopic (exact) mass is 405 g/mol. The lowest BCUT2D eigenvalue weighted by molar-refractivity contribution is 0.103. The molecule has 7 heteroatoms. The highest BCUT2D eigenvalue weighted by Crippen LogP contribution is 2.24. The molecule has 6 nitrogen and oxygen atoms in total. The van der Waals surface area contributed by atoms with Crippen LogP contribution in [0, 0.1) is 0 Å². The molecule has 0 radical (unpaired) electrons. The summed E-state index contributed by atoms with van der Waals surface area (Å²) in [5, 5.41) is 7.43. The summed E-state index contributed by atoms with van der Waals surface area (Å²) in [7, 11) is 3.66. The number of nitrogens with zero attached hydrogens (tertiary/aromatic N) is 4. The maximum atomic E-state index is 13.1. The molecule has 0 saturated heterocycles. The van der Waals surface area contributed by atoms with E-state index in [4.69, 9.17) is 11.6 Å². The normalized spacial score (nSPS) is 11.4. The van der Waals surface area contributed by atoms with Crippen molar-refractivity contribution < 1.29 is 4.79 Å². The van der Waals surface area contributed by atoms with E-state index in [2.05, 4.69) is 19.6 Å². The van der Waals surface area contributed by atoms with Gasteiger partial charge in [0, 0.05) is 42.8 Å². The molecule has 0 amide bonds. The van der Waals surface area contributed by atoms with E-state index < -0.39 is 0 Å². The van der Waals surface area contributed by atoms with Gasteiger partial charge in [0.15, 0.2) is 5.82 Å². The van der Waals surface area contributed by atoms with E-state index >= 15 is 0 Å². The Balaban J connectivity index is 1.69. The smallest absolute Gasteiger partial charge is 0.230 e. The van der Waals surface area contributed by atoms with E-state index in [9.17, 15) is 4.79 Å². The number of carbonyl (C=O) groups excluding carboxylic acids is 1. The molecule has 2 aromatic heterocycles. The predicted molar refractivity (Wildman–Crippen MR) is 116 cm³/mol. The number of para-hydroxylation sites is 1. The van der Waals surface area contributed by atoms with Crippen molar-refractivity contribution in [3.63, 3.8) is 0 Å². The average Bonchev–Trinajstić information content (AvgIpc) is 3.33. The number of benzene rings is 2. The molecule has 0 aliphatic carbocycles. The highest BCUT2D eigenvalue weighted by Gasteiger charge is 2.19. The van der Waals surface area contributed by atoms with Crippen molar-refractivity contribution in [2.75, 3.05) is 14.1 Å². The summed E-state index contributed by atoms with van der Waals surface area (Å²) >= 11 is 5.99. The van der Waals surface area contributed by atoms with Gasteiger partial charge in [-0.3, -0.25) is 4.79 Å². The van der Waals surface area contributed by atoms with Crippen molar-refractivity contribution in [3.8, 4) is 0 Å². The highest BCUT2D eigenvalue weighted by molar-refractivity contribution is 6.30. The Hall–Kier alpha value is -3.38. The number of H-pyrrole nitrogens is 1. The van der Waals surface area contributed by atoms with Gasteiger partial charge in [0.2, 0.25) is 5.78 Å². The van der Waals surface area contributed by atoms with Crippen LogP contribution in [0.15, 0.2) is 66.0 Å². The van der Waals surface area contributed by atoms with Gasteiger partial charge in [-0.05, 0) is 23.8 Å². The largest absolute Gasteiger partial charge is 0.342 e. The molecule has 2 heterocycles. The first-order valence-corrected chi connectivity index (χ1v) is 9.52. The van der Waals surface area contributed by atoms with E-state index in [1.807, 2.05) is 68.8 Å². The minimum atomic E-state index is -0.152. The Kier molecular flexibility index (Phi) is 5.18. The highest BCUT2D eigenvalue weighted by atomic mass is 35.5. The number of aromatic nitrogens is 3. The zero-order valence-corrected chi connectivity index (χ0v) is 16.9. The molecule has 29 heavy (non-hydrogen) atoms. The number of rotatable bonds is 6. The van der Waals surface area contributed by atoms with Crippen LogP contribution in [-0.2, 0) is 6.54 Å². The van der Waals surface area contributed by atoms with Crippen LogP contribution in [0.5, 0.6) is 0 Å². The number of hydrogen-bond donors (Lipinski definition) is 1. The van der Waals surface area contributed by atoms with Gasteiger partial charge in [0.25, 0.3) is 0 Å². The Labute approximate surface area is 173 Å². The van der Waals surface area contributed by atoms with Gasteiger partial charge in [-0.2, -0.15) is 5.10 Å². The minimum Gasteiger partial charge on any atom is -0.342 e. The third-order valence-electron chi connectivity index (χ3n) is 4.54. The molecule has 0 bridgehead atoms. The average molecular weight is 406 g/mol. The maximum Gasteiger partial charge on any atom is 0.230 e. The van der Waals surface area contributed by atoms with Crippen LogP contribution >= 0.6 is 11.6 Å². The second-order valence-corrected chi connectivity index (χ2v) is 7.36. The van der Waals surface area contributed by atoms with Gasteiger partial charge >= 0.3 is 0 Å². The van der Waals surface area contributed by atoms with Crippen LogP contribution in [-0.4, -0.2) is 45.6 Å². The molecule has 0 spiro atoms. The molecular weight excluding hydrogens is 386 g/mol. The molecule has 0 fully saturated rings. The Morgan fingerprint density at radius 1 is 1.21 bits per heavy atom. The van der Waals surface area contributed by atoms with Crippen molar-refractivity contribution in [1.29, 1.82) is 0 Å². The van der Waals surface area contributed by atoms with Crippen molar-refractivity contribution in [2.45, 2.75) is 6.54 Å². The fourth-order valence-electron chi connectivity index (χ4n) is 3.17.